The minimum atomic E-state index is 0. The Hall–Kier alpha value is -0.0800. The zero-order valence-electron chi connectivity index (χ0n) is 13.5. The number of piperidine rings is 1. The first kappa shape index (κ1) is 19.0. The molecular weight excluding hydrogens is 379 g/mol. The minimum absolute atomic E-state index is 0. The molecular formula is C15H31IN4O. The molecule has 2 aliphatic rings. The van der Waals surface area contributed by atoms with E-state index in [9.17, 15) is 0 Å². The summed E-state index contributed by atoms with van der Waals surface area (Å²) >= 11 is 0. The summed E-state index contributed by atoms with van der Waals surface area (Å²) in [7, 11) is 0. The zero-order valence-corrected chi connectivity index (χ0v) is 15.8. The van der Waals surface area contributed by atoms with E-state index < -0.39 is 0 Å². The molecule has 1 N–H and O–H groups in total. The fourth-order valence-corrected chi connectivity index (χ4v) is 2.93. The van der Waals surface area contributed by atoms with Gasteiger partial charge in [-0.25, -0.2) is 0 Å². The number of morpholine rings is 1. The van der Waals surface area contributed by atoms with Crippen LogP contribution >= 0.6 is 24.0 Å². The topological polar surface area (TPSA) is 40.1 Å². The Balaban J connectivity index is 0.00000220. The molecule has 0 aromatic rings. The Morgan fingerprint density at radius 3 is 2.71 bits per heavy atom. The van der Waals surface area contributed by atoms with Gasteiger partial charge in [0.1, 0.15) is 0 Å². The number of aliphatic imine (C=N–C) groups is 1. The highest BCUT2D eigenvalue weighted by Gasteiger charge is 2.19. The molecule has 0 saturated carbocycles. The molecule has 21 heavy (non-hydrogen) atoms. The van der Waals surface area contributed by atoms with E-state index in [-0.39, 0.29) is 24.0 Å². The lowest BCUT2D eigenvalue weighted by Gasteiger charge is -2.33. The van der Waals surface area contributed by atoms with Gasteiger partial charge >= 0.3 is 0 Å². The van der Waals surface area contributed by atoms with E-state index >= 15 is 0 Å². The van der Waals surface area contributed by atoms with E-state index in [2.05, 4.69) is 29.0 Å². The molecule has 2 heterocycles. The maximum atomic E-state index is 5.37. The highest BCUT2D eigenvalue weighted by molar-refractivity contribution is 14.0. The number of rotatable bonds is 4. The maximum absolute atomic E-state index is 5.37. The first-order valence-corrected chi connectivity index (χ1v) is 8.13. The molecule has 0 radical (unpaired) electrons. The smallest absolute Gasteiger partial charge is 0.193 e. The van der Waals surface area contributed by atoms with Gasteiger partial charge in [0.15, 0.2) is 5.96 Å². The van der Waals surface area contributed by atoms with Crippen LogP contribution in [0.15, 0.2) is 4.99 Å². The van der Waals surface area contributed by atoms with Crippen molar-refractivity contribution in [3.05, 3.63) is 0 Å². The minimum Gasteiger partial charge on any atom is -0.379 e. The van der Waals surface area contributed by atoms with Crippen molar-refractivity contribution < 1.29 is 4.74 Å². The van der Waals surface area contributed by atoms with Crippen LogP contribution in [0.1, 0.15) is 26.7 Å². The van der Waals surface area contributed by atoms with Gasteiger partial charge in [-0.15, -0.1) is 24.0 Å². The Bertz CT molecular complexity index is 308. The summed E-state index contributed by atoms with van der Waals surface area (Å²) in [5.74, 6) is 1.89. The van der Waals surface area contributed by atoms with E-state index in [4.69, 9.17) is 9.73 Å². The third-order valence-corrected chi connectivity index (χ3v) is 4.07. The van der Waals surface area contributed by atoms with Crippen LogP contribution in [0.25, 0.3) is 0 Å². The Morgan fingerprint density at radius 2 is 2.05 bits per heavy atom. The molecule has 0 aromatic heterocycles. The number of hydrogen-bond acceptors (Lipinski definition) is 3. The molecule has 0 amide bonds. The van der Waals surface area contributed by atoms with Crippen molar-refractivity contribution in [3.8, 4) is 0 Å². The molecule has 6 heteroatoms. The van der Waals surface area contributed by atoms with Crippen molar-refractivity contribution in [1.82, 2.24) is 15.1 Å². The first-order valence-electron chi connectivity index (χ1n) is 8.13. The number of likely N-dealkylation sites (tertiary alicyclic amines) is 1. The highest BCUT2D eigenvalue weighted by atomic mass is 127. The molecule has 5 nitrogen and oxygen atoms in total. The monoisotopic (exact) mass is 410 g/mol. The summed E-state index contributed by atoms with van der Waals surface area (Å²) in [5.41, 5.74) is 0. The third-order valence-electron chi connectivity index (χ3n) is 4.07. The Kier molecular flexibility index (Phi) is 9.59. The van der Waals surface area contributed by atoms with Crippen molar-refractivity contribution in [1.29, 1.82) is 0 Å². The van der Waals surface area contributed by atoms with E-state index in [1.54, 1.807) is 0 Å². The second-order valence-electron chi connectivity index (χ2n) is 5.88. The molecule has 1 unspecified atom stereocenters. The molecule has 2 fully saturated rings. The lowest BCUT2D eigenvalue weighted by molar-refractivity contribution is 0.0394. The van der Waals surface area contributed by atoms with Crippen molar-refractivity contribution >= 4 is 29.9 Å². The van der Waals surface area contributed by atoms with Crippen LogP contribution in [0.2, 0.25) is 0 Å². The molecule has 2 aliphatic heterocycles. The van der Waals surface area contributed by atoms with Gasteiger partial charge in [0.05, 0.1) is 19.8 Å². The lowest BCUT2D eigenvalue weighted by Crippen LogP contribution is -2.46. The van der Waals surface area contributed by atoms with Gasteiger partial charge in [-0.1, -0.05) is 6.92 Å². The van der Waals surface area contributed by atoms with Gasteiger partial charge in [-0.2, -0.15) is 0 Å². The maximum Gasteiger partial charge on any atom is 0.193 e. The van der Waals surface area contributed by atoms with Crippen LogP contribution in [0, 0.1) is 5.92 Å². The lowest BCUT2D eigenvalue weighted by atomic mass is 10.0. The number of hydrogen-bond donors (Lipinski definition) is 1. The Labute approximate surface area is 146 Å². The van der Waals surface area contributed by atoms with Crippen molar-refractivity contribution in [2.45, 2.75) is 26.7 Å². The van der Waals surface area contributed by atoms with Crippen LogP contribution < -0.4 is 5.32 Å². The fraction of sp³-hybridized carbons (Fsp3) is 0.933. The summed E-state index contributed by atoms with van der Waals surface area (Å²) in [6.45, 7) is 13.5. The number of nitrogens with zero attached hydrogens (tertiary/aromatic N) is 3. The van der Waals surface area contributed by atoms with Gasteiger partial charge in [-0.3, -0.25) is 9.89 Å². The molecule has 0 bridgehead atoms. The first-order chi connectivity index (χ1) is 9.79. The molecule has 0 aromatic carbocycles. The van der Waals surface area contributed by atoms with E-state index in [0.29, 0.717) is 0 Å². The summed E-state index contributed by atoms with van der Waals surface area (Å²) in [6, 6.07) is 0. The van der Waals surface area contributed by atoms with Gasteiger partial charge < -0.3 is 15.0 Å². The van der Waals surface area contributed by atoms with Crippen molar-refractivity contribution in [3.63, 3.8) is 0 Å². The summed E-state index contributed by atoms with van der Waals surface area (Å²) in [4.78, 5) is 9.68. The zero-order chi connectivity index (χ0) is 14.2. The van der Waals surface area contributed by atoms with E-state index in [1.807, 2.05) is 0 Å². The highest BCUT2D eigenvalue weighted by Crippen LogP contribution is 2.15. The quantitative estimate of drug-likeness (QED) is 0.435. The molecule has 0 spiro atoms. The van der Waals surface area contributed by atoms with E-state index in [1.165, 1.54) is 12.8 Å². The third kappa shape index (κ3) is 6.69. The Morgan fingerprint density at radius 1 is 1.29 bits per heavy atom. The summed E-state index contributed by atoms with van der Waals surface area (Å²) < 4.78 is 5.37. The predicted molar refractivity (Wildman–Crippen MR) is 98.6 cm³/mol. The second kappa shape index (κ2) is 10.6. The average Bonchev–Trinajstić information content (AvgIpc) is 2.47. The summed E-state index contributed by atoms with van der Waals surface area (Å²) in [6.07, 6.45) is 2.64. The molecule has 2 rings (SSSR count). The molecule has 124 valence electrons. The fourth-order valence-electron chi connectivity index (χ4n) is 2.93. The van der Waals surface area contributed by atoms with Crippen LogP contribution in [0.4, 0.5) is 0 Å². The van der Waals surface area contributed by atoms with Crippen LogP contribution in [-0.2, 0) is 4.74 Å². The molecule has 0 aliphatic carbocycles. The van der Waals surface area contributed by atoms with Crippen LogP contribution in [-0.4, -0.2) is 74.8 Å². The van der Waals surface area contributed by atoms with Gasteiger partial charge in [0.2, 0.25) is 0 Å². The number of halogens is 1. The number of guanidine groups is 1. The largest absolute Gasteiger partial charge is 0.379 e. The van der Waals surface area contributed by atoms with Gasteiger partial charge in [-0.05, 0) is 25.7 Å². The standard InChI is InChI=1S/C15H30N4O.HI/c1-3-16-15(19-7-4-5-14(2)13-19)17-6-8-18-9-11-20-12-10-18;/h14H,3-13H2,1-2H3,(H,16,17);1H. The normalized spacial score (nSPS) is 24.6. The number of ether oxygens (including phenoxy) is 1. The van der Waals surface area contributed by atoms with Crippen molar-refractivity contribution in [2.75, 3.05) is 59.0 Å². The number of nitrogens with one attached hydrogen (secondary N) is 1. The van der Waals surface area contributed by atoms with Crippen LogP contribution in [0.5, 0.6) is 0 Å². The average molecular weight is 410 g/mol. The molecule has 2 saturated heterocycles. The van der Waals surface area contributed by atoms with Gasteiger partial charge in [0, 0.05) is 39.3 Å². The summed E-state index contributed by atoms with van der Waals surface area (Å²) in [5, 5.41) is 3.44. The molecule has 1 atom stereocenters. The second-order valence-corrected chi connectivity index (χ2v) is 5.88. The van der Waals surface area contributed by atoms with E-state index in [0.717, 1.165) is 70.9 Å². The van der Waals surface area contributed by atoms with Gasteiger partial charge in [0.25, 0.3) is 0 Å². The van der Waals surface area contributed by atoms with Crippen molar-refractivity contribution in [2.24, 2.45) is 10.9 Å². The van der Waals surface area contributed by atoms with Crippen LogP contribution in [0.3, 0.4) is 0 Å². The SMILES string of the molecule is CCNC(=NCCN1CCOCC1)N1CCCC(C)C1.I. The predicted octanol–water partition coefficient (Wildman–Crippen LogP) is 1.63.